The number of hydrogen-bond donors (Lipinski definition) is 4. The summed E-state index contributed by atoms with van der Waals surface area (Å²) >= 11 is 0. The summed E-state index contributed by atoms with van der Waals surface area (Å²) in [6.07, 6.45) is 29.1. The smallest absolute Gasteiger partial charge is 0.0637 e. The summed E-state index contributed by atoms with van der Waals surface area (Å²) in [5.41, 5.74) is 18.3. The maximum Gasteiger partial charge on any atom is 0.0637 e. The van der Waals surface area contributed by atoms with Crippen molar-refractivity contribution in [3.05, 3.63) is 0 Å². The molecule has 0 bridgehead atoms. The van der Waals surface area contributed by atoms with Gasteiger partial charge < -0.3 is 36.7 Å². The predicted octanol–water partition coefficient (Wildman–Crippen LogP) is 8.99. The van der Waals surface area contributed by atoms with Crippen LogP contribution in [0.25, 0.3) is 0 Å². The Morgan fingerprint density at radius 1 is 0.654 bits per heavy atom. The number of rotatable bonds is 28. The minimum absolute atomic E-state index is 0.180. The van der Waals surface area contributed by atoms with Crippen LogP contribution in [0.15, 0.2) is 0 Å². The molecule has 0 saturated heterocycles. The first-order chi connectivity index (χ1) is 25.3. The van der Waals surface area contributed by atoms with Gasteiger partial charge >= 0.3 is 0 Å². The van der Waals surface area contributed by atoms with Crippen molar-refractivity contribution >= 4 is 0 Å². The quantitative estimate of drug-likeness (QED) is 0.0594. The van der Waals surface area contributed by atoms with E-state index in [1.54, 1.807) is 0 Å². The van der Waals surface area contributed by atoms with Gasteiger partial charge in [0.15, 0.2) is 0 Å². The Bertz CT molecular complexity index is 940. The molecule has 7 nitrogen and oxygen atoms in total. The lowest BCUT2D eigenvalue weighted by Gasteiger charge is -2.65. The molecule has 4 aliphatic rings. The molecule has 0 amide bonds. The van der Waals surface area contributed by atoms with Crippen molar-refractivity contribution in [3.8, 4) is 0 Å². The summed E-state index contributed by atoms with van der Waals surface area (Å²) in [6, 6.07) is 0. The Labute approximate surface area is 322 Å². The molecule has 0 aliphatic heterocycles. The van der Waals surface area contributed by atoms with Crippen molar-refractivity contribution in [1.82, 2.24) is 5.32 Å². The maximum atomic E-state index is 7.06. The van der Waals surface area contributed by atoms with Crippen molar-refractivity contribution in [2.75, 3.05) is 52.5 Å². The van der Waals surface area contributed by atoms with Gasteiger partial charge in [-0.2, -0.15) is 0 Å². The van der Waals surface area contributed by atoms with Crippen molar-refractivity contribution in [2.24, 2.45) is 63.5 Å². The molecule has 11 atom stereocenters. The van der Waals surface area contributed by atoms with Crippen LogP contribution < -0.4 is 22.5 Å². The third-order valence-corrected chi connectivity index (χ3v) is 15.2. The van der Waals surface area contributed by atoms with Gasteiger partial charge in [0, 0.05) is 25.2 Å². The molecule has 7 heteroatoms. The van der Waals surface area contributed by atoms with E-state index in [-0.39, 0.29) is 5.41 Å². The van der Waals surface area contributed by atoms with Gasteiger partial charge in [0.25, 0.3) is 0 Å². The third kappa shape index (κ3) is 11.9. The summed E-state index contributed by atoms with van der Waals surface area (Å²) in [4.78, 5) is 0. The lowest BCUT2D eigenvalue weighted by atomic mass is 9.43. The highest BCUT2D eigenvalue weighted by Crippen LogP contribution is 2.69. The second-order valence-electron chi connectivity index (χ2n) is 18.5. The zero-order valence-corrected chi connectivity index (χ0v) is 34.9. The number of unbranched alkanes of at least 4 members (excludes halogenated alkanes) is 9. The maximum absolute atomic E-state index is 7.06. The molecule has 0 aromatic heterocycles. The fraction of sp³-hybridized carbons (Fsp3) is 1.00. The van der Waals surface area contributed by atoms with Gasteiger partial charge in [0.1, 0.15) is 0 Å². The second-order valence-corrected chi connectivity index (χ2v) is 18.5. The molecule has 0 radical (unpaired) electrons. The second kappa shape index (κ2) is 23.7. The van der Waals surface area contributed by atoms with Crippen LogP contribution in [0.2, 0.25) is 0 Å². The number of nitrogens with one attached hydrogen (secondary N) is 1. The number of ether oxygens (including phenoxy) is 3. The largest absolute Gasteiger partial charge is 0.378 e. The van der Waals surface area contributed by atoms with Crippen LogP contribution in [0.3, 0.4) is 0 Å². The van der Waals surface area contributed by atoms with E-state index in [1.807, 2.05) is 0 Å². The van der Waals surface area contributed by atoms with E-state index in [9.17, 15) is 0 Å². The molecule has 2 unspecified atom stereocenters. The van der Waals surface area contributed by atoms with Crippen LogP contribution in [-0.2, 0) is 14.2 Å². The fourth-order valence-corrected chi connectivity index (χ4v) is 12.2. The summed E-state index contributed by atoms with van der Waals surface area (Å²) < 4.78 is 20.4. The molecule has 0 heterocycles. The average molecular weight is 733 g/mol. The van der Waals surface area contributed by atoms with Crippen molar-refractivity contribution in [1.29, 1.82) is 0 Å². The molecule has 0 spiro atoms. The normalized spacial score (nSPS) is 34.9. The Kier molecular flexibility index (Phi) is 20.3. The standard InChI is InChI=1S/C45H88N4O3/c1-5-6-7-8-9-10-11-12-13-14-27-49-28-15-19-35(2)38-20-21-39-43-40(34-42(45(38,39)4)52-31-18-26-48)44(3)23-22-37(50-29-16-24-46)32-36(44)33-41(43)51-30-17-25-47/h35-43,49H,5-34,46-48H2,1-4H3/t35?,36-,37+,38+,39-,40-,41+,42-,43?,44-,45+/m0/s1. The van der Waals surface area contributed by atoms with E-state index < -0.39 is 0 Å². The highest BCUT2D eigenvalue weighted by molar-refractivity contribution is 5.15. The Morgan fingerprint density at radius 2 is 1.27 bits per heavy atom. The van der Waals surface area contributed by atoms with Crippen LogP contribution in [0.4, 0.5) is 0 Å². The van der Waals surface area contributed by atoms with Crippen LogP contribution in [0.1, 0.15) is 169 Å². The Balaban J connectivity index is 1.36. The van der Waals surface area contributed by atoms with Gasteiger partial charge in [-0.15, -0.1) is 0 Å². The topological polar surface area (TPSA) is 118 Å². The molecular weight excluding hydrogens is 645 g/mol. The minimum atomic E-state index is 0.180. The van der Waals surface area contributed by atoms with E-state index in [4.69, 9.17) is 31.4 Å². The average Bonchev–Trinajstić information content (AvgIpc) is 3.50. The highest BCUT2D eigenvalue weighted by Gasteiger charge is 2.66. The molecule has 0 aromatic carbocycles. The lowest BCUT2D eigenvalue weighted by Crippen LogP contribution is -2.63. The van der Waals surface area contributed by atoms with Gasteiger partial charge in [-0.1, -0.05) is 85.5 Å². The van der Waals surface area contributed by atoms with E-state index in [1.165, 1.54) is 122 Å². The van der Waals surface area contributed by atoms with Crippen LogP contribution in [0, 0.1) is 46.3 Å². The number of hydrogen-bond acceptors (Lipinski definition) is 7. The SMILES string of the molecule is CCCCCCCCCCCCNCCCC(C)[C@H]1CC[C@H]2C3[C@H](OCCCN)C[C@@H]4C[C@H](OCCCN)CC[C@]4(C)[C@H]3C[C@H](OCCCN)[C@]12C. The molecule has 4 saturated carbocycles. The molecule has 4 aliphatic carbocycles. The highest BCUT2D eigenvalue weighted by atomic mass is 16.5. The van der Waals surface area contributed by atoms with E-state index in [2.05, 4.69) is 33.0 Å². The summed E-state index contributed by atoms with van der Waals surface area (Å²) in [5.74, 6) is 3.92. The Hall–Kier alpha value is -0.280. The van der Waals surface area contributed by atoms with Gasteiger partial charge in [-0.25, -0.2) is 0 Å². The molecule has 0 aromatic rings. The monoisotopic (exact) mass is 733 g/mol. The molecule has 7 N–H and O–H groups in total. The predicted molar refractivity (Wildman–Crippen MR) is 219 cm³/mol. The van der Waals surface area contributed by atoms with Crippen LogP contribution in [0.5, 0.6) is 0 Å². The van der Waals surface area contributed by atoms with Crippen molar-refractivity contribution < 1.29 is 14.2 Å². The zero-order chi connectivity index (χ0) is 37.2. The first-order valence-electron chi connectivity index (χ1n) is 23.0. The first kappa shape index (κ1) is 44.4. The molecule has 4 rings (SSSR count). The molecule has 306 valence electrons. The molecular formula is C45H88N4O3. The zero-order valence-electron chi connectivity index (χ0n) is 34.9. The summed E-state index contributed by atoms with van der Waals surface area (Å²) in [6.45, 7) is 17.0. The van der Waals surface area contributed by atoms with Crippen molar-refractivity contribution in [3.63, 3.8) is 0 Å². The summed E-state index contributed by atoms with van der Waals surface area (Å²) in [5, 5.41) is 3.80. The lowest BCUT2D eigenvalue weighted by molar-refractivity contribution is -0.227. The minimum Gasteiger partial charge on any atom is -0.378 e. The van der Waals surface area contributed by atoms with Crippen LogP contribution in [-0.4, -0.2) is 70.9 Å². The molecule has 4 fully saturated rings. The Morgan fingerprint density at radius 3 is 1.94 bits per heavy atom. The first-order valence-corrected chi connectivity index (χ1v) is 23.0. The van der Waals surface area contributed by atoms with E-state index in [0.717, 1.165) is 52.0 Å². The van der Waals surface area contributed by atoms with Gasteiger partial charge in [0.05, 0.1) is 18.3 Å². The number of nitrogens with two attached hydrogens (primary N) is 3. The van der Waals surface area contributed by atoms with Gasteiger partial charge in [-0.05, 0) is 157 Å². The van der Waals surface area contributed by atoms with Crippen molar-refractivity contribution in [2.45, 2.75) is 187 Å². The van der Waals surface area contributed by atoms with Gasteiger partial charge in [0.2, 0.25) is 0 Å². The van der Waals surface area contributed by atoms with Gasteiger partial charge in [-0.3, -0.25) is 0 Å². The van der Waals surface area contributed by atoms with Crippen LogP contribution >= 0.6 is 0 Å². The third-order valence-electron chi connectivity index (χ3n) is 15.2. The van der Waals surface area contributed by atoms with E-state index >= 15 is 0 Å². The fourth-order valence-electron chi connectivity index (χ4n) is 12.2. The van der Waals surface area contributed by atoms with E-state index in [0.29, 0.717) is 78.9 Å². The molecule has 52 heavy (non-hydrogen) atoms. The summed E-state index contributed by atoms with van der Waals surface area (Å²) in [7, 11) is 0. The number of fused-ring (bicyclic) bond motifs is 5.